The first-order chi connectivity index (χ1) is 18.5. The van der Waals surface area contributed by atoms with Crippen molar-refractivity contribution >= 4 is 44.5 Å². The summed E-state index contributed by atoms with van der Waals surface area (Å²) in [6, 6.07) is 9.49. The minimum atomic E-state index is -4.56. The lowest BCUT2D eigenvalue weighted by molar-refractivity contribution is -0.0327. The standard InChI is InChI=1S/C25H26F3N5O4S2/c1-29-24(34)16-8-9-18(21(15-16)37-2)30-12-4-5-19-23(38-25(26,27)28)20-6-3-7-22(33(20)32-19)31-17-10-13-39(35,36)14-11-17/h3,6-9,15,17,30-31H,10-14H2,1-2H3,(H,29,34). The number of sulfone groups is 1. The second-order valence-corrected chi connectivity index (χ2v) is 12.0. The zero-order valence-corrected chi connectivity index (χ0v) is 22.7. The van der Waals surface area contributed by atoms with Gasteiger partial charge in [-0.25, -0.2) is 12.9 Å². The molecule has 1 amide bonds. The van der Waals surface area contributed by atoms with Crippen LogP contribution in [0.3, 0.4) is 0 Å². The quantitative estimate of drug-likeness (QED) is 0.286. The summed E-state index contributed by atoms with van der Waals surface area (Å²) in [5, 5.41) is 13.1. The number of ether oxygens (including phenoxy) is 1. The van der Waals surface area contributed by atoms with E-state index in [9.17, 15) is 26.4 Å². The summed E-state index contributed by atoms with van der Waals surface area (Å²) < 4.78 is 70.5. The van der Waals surface area contributed by atoms with Crippen molar-refractivity contribution in [3.63, 3.8) is 0 Å². The lowest BCUT2D eigenvalue weighted by Crippen LogP contribution is -2.32. The Balaban J connectivity index is 1.58. The molecule has 4 rings (SSSR count). The minimum absolute atomic E-state index is 0.0403. The molecule has 2 aromatic heterocycles. The van der Waals surface area contributed by atoms with E-state index in [-0.39, 0.29) is 57.9 Å². The van der Waals surface area contributed by atoms with E-state index in [1.807, 2.05) is 0 Å². The number of carbonyl (C=O) groups excluding carboxylic acids is 1. The summed E-state index contributed by atoms with van der Waals surface area (Å²) in [6.45, 7) is 0.0708. The predicted molar refractivity (Wildman–Crippen MR) is 144 cm³/mol. The van der Waals surface area contributed by atoms with Gasteiger partial charge < -0.3 is 20.7 Å². The molecule has 0 saturated carbocycles. The molecular formula is C25H26F3N5O4S2. The van der Waals surface area contributed by atoms with Crippen molar-refractivity contribution < 1.29 is 31.1 Å². The van der Waals surface area contributed by atoms with Gasteiger partial charge in [0, 0.05) is 18.7 Å². The van der Waals surface area contributed by atoms with Crippen molar-refractivity contribution in [1.29, 1.82) is 0 Å². The molecule has 39 heavy (non-hydrogen) atoms. The maximum atomic E-state index is 13.4. The molecule has 1 aliphatic heterocycles. The van der Waals surface area contributed by atoms with Crippen molar-refractivity contribution in [3.05, 3.63) is 47.7 Å². The monoisotopic (exact) mass is 581 g/mol. The van der Waals surface area contributed by atoms with Gasteiger partial charge in [-0.15, -0.1) is 0 Å². The first-order valence-corrected chi connectivity index (χ1v) is 14.5. The van der Waals surface area contributed by atoms with Crippen molar-refractivity contribution in [2.45, 2.75) is 29.3 Å². The number of nitrogens with zero attached hydrogens (tertiary/aromatic N) is 2. The topological polar surface area (TPSA) is 114 Å². The summed E-state index contributed by atoms with van der Waals surface area (Å²) in [5.41, 5.74) is -3.40. The number of aromatic nitrogens is 2. The third-order valence-corrected chi connectivity index (χ3v) is 8.55. The van der Waals surface area contributed by atoms with E-state index in [4.69, 9.17) is 4.74 Å². The van der Waals surface area contributed by atoms with E-state index in [0.717, 1.165) is 0 Å². The highest BCUT2D eigenvalue weighted by Crippen LogP contribution is 2.41. The van der Waals surface area contributed by atoms with Crippen molar-refractivity contribution in [1.82, 2.24) is 14.9 Å². The normalized spacial score (nSPS) is 15.3. The van der Waals surface area contributed by atoms with Gasteiger partial charge in [-0.1, -0.05) is 12.0 Å². The van der Waals surface area contributed by atoms with E-state index < -0.39 is 15.3 Å². The van der Waals surface area contributed by atoms with Crippen LogP contribution >= 0.6 is 11.8 Å². The zero-order chi connectivity index (χ0) is 28.2. The highest BCUT2D eigenvalue weighted by Gasteiger charge is 2.33. The number of carbonyl (C=O) groups is 1. The number of hydrogen-bond acceptors (Lipinski definition) is 8. The number of methoxy groups -OCH3 is 1. The Morgan fingerprint density at radius 1 is 1.23 bits per heavy atom. The van der Waals surface area contributed by atoms with Gasteiger partial charge in [0.05, 0.1) is 41.3 Å². The van der Waals surface area contributed by atoms with E-state index in [0.29, 0.717) is 35.7 Å². The Hall–Kier alpha value is -3.57. The van der Waals surface area contributed by atoms with E-state index >= 15 is 0 Å². The van der Waals surface area contributed by atoms with Crippen LogP contribution in [-0.2, 0) is 9.84 Å². The van der Waals surface area contributed by atoms with Crippen LogP contribution in [0.15, 0.2) is 41.3 Å². The van der Waals surface area contributed by atoms with Gasteiger partial charge in [0.1, 0.15) is 27.1 Å². The van der Waals surface area contributed by atoms with Crippen LogP contribution in [0, 0.1) is 11.8 Å². The van der Waals surface area contributed by atoms with Gasteiger partial charge in [-0.2, -0.15) is 18.3 Å². The smallest absolute Gasteiger partial charge is 0.446 e. The highest BCUT2D eigenvalue weighted by molar-refractivity contribution is 8.00. The van der Waals surface area contributed by atoms with Gasteiger partial charge >= 0.3 is 5.51 Å². The van der Waals surface area contributed by atoms with E-state index in [1.165, 1.54) is 24.7 Å². The van der Waals surface area contributed by atoms with Crippen molar-refractivity contribution in [2.75, 3.05) is 42.8 Å². The Morgan fingerprint density at radius 2 is 1.97 bits per heavy atom. The number of rotatable bonds is 7. The number of pyridine rings is 1. The summed E-state index contributed by atoms with van der Waals surface area (Å²) >= 11 is -0.286. The van der Waals surface area contributed by atoms with Gasteiger partial charge in [0.2, 0.25) is 0 Å². The number of fused-ring (bicyclic) bond motifs is 1. The average molecular weight is 582 g/mol. The molecule has 0 bridgehead atoms. The number of benzene rings is 1. The number of amides is 1. The number of halogens is 3. The van der Waals surface area contributed by atoms with Crippen molar-refractivity contribution in [2.24, 2.45) is 0 Å². The average Bonchev–Trinajstić information content (AvgIpc) is 3.24. The lowest BCUT2D eigenvalue weighted by atomic mass is 10.1. The summed E-state index contributed by atoms with van der Waals surface area (Å²) in [6.07, 6.45) is 0.798. The molecule has 3 heterocycles. The largest absolute Gasteiger partial charge is 0.495 e. The number of anilines is 2. The molecule has 0 radical (unpaired) electrons. The minimum Gasteiger partial charge on any atom is -0.495 e. The Kier molecular flexibility index (Phi) is 8.51. The molecular weight excluding hydrogens is 555 g/mol. The number of alkyl halides is 3. The Morgan fingerprint density at radius 3 is 2.64 bits per heavy atom. The first kappa shape index (κ1) is 28.4. The van der Waals surface area contributed by atoms with Gasteiger partial charge in [0.15, 0.2) is 0 Å². The molecule has 0 atom stereocenters. The van der Waals surface area contributed by atoms with Crippen LogP contribution in [0.5, 0.6) is 5.75 Å². The van der Waals surface area contributed by atoms with E-state index in [2.05, 4.69) is 32.9 Å². The molecule has 1 aliphatic rings. The van der Waals surface area contributed by atoms with Crippen molar-refractivity contribution in [3.8, 4) is 17.6 Å². The van der Waals surface area contributed by atoms with E-state index in [1.54, 1.807) is 30.3 Å². The van der Waals surface area contributed by atoms with Crippen LogP contribution in [0.2, 0.25) is 0 Å². The summed E-state index contributed by atoms with van der Waals surface area (Å²) in [5.74, 6) is 6.24. The second-order valence-electron chi connectivity index (χ2n) is 8.65. The maximum Gasteiger partial charge on any atom is 0.446 e. The number of nitrogens with one attached hydrogen (secondary N) is 3. The third-order valence-electron chi connectivity index (χ3n) is 6.00. The molecule has 0 spiro atoms. The molecule has 3 N–H and O–H groups in total. The van der Waals surface area contributed by atoms with Crippen LogP contribution in [-0.4, -0.2) is 67.7 Å². The third kappa shape index (κ3) is 7.10. The molecule has 0 aliphatic carbocycles. The van der Waals surface area contributed by atoms with Crippen LogP contribution in [0.25, 0.3) is 5.52 Å². The number of thioether (sulfide) groups is 1. The molecule has 3 aromatic rings. The van der Waals surface area contributed by atoms with Crippen LogP contribution in [0.4, 0.5) is 24.7 Å². The van der Waals surface area contributed by atoms with Gasteiger partial charge in [-0.05, 0) is 60.9 Å². The zero-order valence-electron chi connectivity index (χ0n) is 21.1. The molecule has 14 heteroatoms. The first-order valence-electron chi connectivity index (χ1n) is 11.9. The lowest BCUT2D eigenvalue weighted by Gasteiger charge is -2.24. The Labute approximate surface area is 227 Å². The van der Waals surface area contributed by atoms with Gasteiger partial charge in [0.25, 0.3) is 5.91 Å². The molecule has 1 saturated heterocycles. The highest BCUT2D eigenvalue weighted by atomic mass is 32.2. The van der Waals surface area contributed by atoms with Gasteiger partial charge in [-0.3, -0.25) is 4.79 Å². The SMILES string of the molecule is CNC(=O)c1ccc(NCC#Cc2nn3c(NC4CCS(=O)(=O)CC4)cccc3c2SC(F)(F)F)c(OC)c1. The Bertz CT molecular complexity index is 1530. The summed E-state index contributed by atoms with van der Waals surface area (Å²) in [4.78, 5) is 11.7. The fourth-order valence-electron chi connectivity index (χ4n) is 4.09. The van der Waals surface area contributed by atoms with Crippen LogP contribution < -0.4 is 20.7 Å². The molecule has 208 valence electrons. The molecule has 1 fully saturated rings. The molecule has 9 nitrogen and oxygen atoms in total. The van der Waals surface area contributed by atoms with Crippen LogP contribution in [0.1, 0.15) is 28.9 Å². The predicted octanol–water partition coefficient (Wildman–Crippen LogP) is 3.77. The maximum absolute atomic E-state index is 13.4. The second kappa shape index (κ2) is 11.7. The number of hydrogen-bond donors (Lipinski definition) is 3. The fraction of sp³-hybridized carbons (Fsp3) is 0.360. The summed E-state index contributed by atoms with van der Waals surface area (Å²) in [7, 11) is -0.0887. The molecule has 1 aromatic carbocycles. The molecule has 0 unspecified atom stereocenters. The fourth-order valence-corrected chi connectivity index (χ4v) is 6.26.